The molecule has 0 radical (unpaired) electrons. The molecule has 0 saturated heterocycles. The van der Waals surface area contributed by atoms with Gasteiger partial charge in [-0.05, 0) is 36.8 Å². The van der Waals surface area contributed by atoms with Crippen LogP contribution in [0.2, 0.25) is 0 Å². The number of thiazole rings is 1. The number of nitrogens with one attached hydrogen (secondary N) is 1. The van der Waals surface area contributed by atoms with Gasteiger partial charge in [-0.1, -0.05) is 30.3 Å². The largest absolute Gasteiger partial charge is 0.346 e. The minimum Gasteiger partial charge on any atom is -0.346 e. The van der Waals surface area contributed by atoms with E-state index in [2.05, 4.69) is 10.3 Å². The Hall–Kier alpha value is -2.51. The summed E-state index contributed by atoms with van der Waals surface area (Å²) in [6.07, 6.45) is 0. The molecule has 1 amide bonds. The molecule has 0 spiro atoms. The molecule has 7 heteroatoms. The Morgan fingerprint density at radius 2 is 1.88 bits per heavy atom. The highest BCUT2D eigenvalue weighted by Crippen LogP contribution is 2.17. The van der Waals surface area contributed by atoms with Gasteiger partial charge in [-0.25, -0.2) is 13.4 Å². The number of nitrogens with zero attached hydrogens (tertiary/aromatic N) is 1. The van der Waals surface area contributed by atoms with Crippen molar-refractivity contribution < 1.29 is 13.2 Å². The second kappa shape index (κ2) is 7.80. The first-order valence-corrected chi connectivity index (χ1v) is 10.5. The van der Waals surface area contributed by atoms with E-state index in [0.29, 0.717) is 17.7 Å². The summed E-state index contributed by atoms with van der Waals surface area (Å²) in [5.74, 6) is -0.402. The lowest BCUT2D eigenvalue weighted by Crippen LogP contribution is -2.22. The zero-order valence-electron chi connectivity index (χ0n) is 14.2. The second-order valence-electron chi connectivity index (χ2n) is 5.84. The van der Waals surface area contributed by atoms with Crippen molar-refractivity contribution in [2.75, 3.05) is 0 Å². The fourth-order valence-electron chi connectivity index (χ4n) is 2.47. The maximum Gasteiger partial charge on any atom is 0.251 e. The summed E-state index contributed by atoms with van der Waals surface area (Å²) in [6.45, 7) is 2.25. The Kier molecular flexibility index (Phi) is 5.49. The minimum atomic E-state index is -3.45. The van der Waals surface area contributed by atoms with E-state index in [1.54, 1.807) is 54.6 Å². The first-order valence-electron chi connectivity index (χ1n) is 8.00. The molecule has 0 aliphatic rings. The summed E-state index contributed by atoms with van der Waals surface area (Å²) in [7, 11) is -3.45. The van der Waals surface area contributed by atoms with Gasteiger partial charge in [-0.2, -0.15) is 0 Å². The molecule has 2 aromatic carbocycles. The Bertz CT molecular complexity index is 1010. The molecule has 26 heavy (non-hydrogen) atoms. The molecule has 0 fully saturated rings. The van der Waals surface area contributed by atoms with Crippen molar-refractivity contribution >= 4 is 27.1 Å². The van der Waals surface area contributed by atoms with Crippen molar-refractivity contribution in [1.82, 2.24) is 10.3 Å². The van der Waals surface area contributed by atoms with Crippen LogP contribution in [0.5, 0.6) is 0 Å². The van der Waals surface area contributed by atoms with Crippen LogP contribution in [0, 0.1) is 6.92 Å². The van der Waals surface area contributed by atoms with Crippen LogP contribution in [0.15, 0.2) is 64.9 Å². The molecule has 3 rings (SSSR count). The van der Waals surface area contributed by atoms with E-state index in [1.165, 1.54) is 11.3 Å². The van der Waals surface area contributed by atoms with Gasteiger partial charge in [0, 0.05) is 16.6 Å². The molecule has 0 saturated carbocycles. The van der Waals surface area contributed by atoms with Gasteiger partial charge < -0.3 is 5.32 Å². The molecule has 0 unspecified atom stereocenters. The van der Waals surface area contributed by atoms with Crippen LogP contribution < -0.4 is 5.32 Å². The van der Waals surface area contributed by atoms with E-state index in [9.17, 15) is 13.2 Å². The van der Waals surface area contributed by atoms with Crippen LogP contribution in [0.3, 0.4) is 0 Å². The Labute approximate surface area is 156 Å². The van der Waals surface area contributed by atoms with E-state index in [0.717, 1.165) is 10.7 Å². The molecular formula is C19H18N2O3S2. The van der Waals surface area contributed by atoms with Crippen molar-refractivity contribution in [3.05, 3.63) is 81.8 Å². The number of amides is 1. The number of aromatic nitrogens is 1. The average molecular weight is 386 g/mol. The van der Waals surface area contributed by atoms with Gasteiger partial charge in [0.15, 0.2) is 9.84 Å². The maximum atomic E-state index is 12.5. The topological polar surface area (TPSA) is 76.1 Å². The highest BCUT2D eigenvalue weighted by atomic mass is 32.2. The van der Waals surface area contributed by atoms with Crippen molar-refractivity contribution in [3.63, 3.8) is 0 Å². The van der Waals surface area contributed by atoms with E-state index in [-0.39, 0.29) is 16.6 Å². The quantitative estimate of drug-likeness (QED) is 0.705. The van der Waals surface area contributed by atoms with Gasteiger partial charge in [-0.15, -0.1) is 11.3 Å². The van der Waals surface area contributed by atoms with Gasteiger partial charge in [0.1, 0.15) is 5.01 Å². The molecular weight excluding hydrogens is 368 g/mol. The SMILES string of the molecule is Cc1csc(CNC(=O)c2cccc(CS(=O)(=O)c3ccccc3)c2)n1. The van der Waals surface area contributed by atoms with Gasteiger partial charge in [-0.3, -0.25) is 4.79 Å². The summed E-state index contributed by atoms with van der Waals surface area (Å²) in [4.78, 5) is 16.9. The van der Waals surface area contributed by atoms with Gasteiger partial charge in [0.2, 0.25) is 0 Å². The number of rotatable bonds is 6. The normalized spacial score (nSPS) is 11.3. The molecule has 0 aliphatic heterocycles. The number of benzene rings is 2. The van der Waals surface area contributed by atoms with Crippen LogP contribution in [-0.4, -0.2) is 19.3 Å². The molecule has 1 aromatic heterocycles. The molecule has 5 nitrogen and oxygen atoms in total. The molecule has 3 aromatic rings. The third kappa shape index (κ3) is 4.56. The molecule has 1 heterocycles. The Morgan fingerprint density at radius 3 is 2.58 bits per heavy atom. The number of carbonyl (C=O) groups excluding carboxylic acids is 1. The van der Waals surface area contributed by atoms with Crippen molar-refractivity contribution in [3.8, 4) is 0 Å². The first-order chi connectivity index (χ1) is 12.4. The summed E-state index contributed by atoms with van der Waals surface area (Å²) in [5.41, 5.74) is 1.93. The van der Waals surface area contributed by atoms with Crippen LogP contribution >= 0.6 is 11.3 Å². The number of aryl methyl sites for hydroxylation is 1. The van der Waals surface area contributed by atoms with Gasteiger partial charge in [0.05, 0.1) is 17.2 Å². The average Bonchev–Trinajstić information content (AvgIpc) is 3.05. The lowest BCUT2D eigenvalue weighted by Gasteiger charge is -2.07. The zero-order valence-corrected chi connectivity index (χ0v) is 15.8. The smallest absolute Gasteiger partial charge is 0.251 e. The van der Waals surface area contributed by atoms with Crippen LogP contribution in [0.4, 0.5) is 0 Å². The molecule has 134 valence electrons. The standard InChI is InChI=1S/C19H18N2O3S2/c1-14-12-25-18(21-14)11-20-19(22)16-7-5-6-15(10-16)13-26(23,24)17-8-3-2-4-9-17/h2-10,12H,11,13H2,1H3,(H,20,22). The monoisotopic (exact) mass is 386 g/mol. The summed E-state index contributed by atoms with van der Waals surface area (Å²) >= 11 is 1.49. The van der Waals surface area contributed by atoms with Crippen LogP contribution in [0.1, 0.15) is 26.6 Å². The highest BCUT2D eigenvalue weighted by molar-refractivity contribution is 7.90. The predicted molar refractivity (Wildman–Crippen MR) is 102 cm³/mol. The van der Waals surface area contributed by atoms with E-state index < -0.39 is 9.84 Å². The molecule has 0 aliphatic carbocycles. The minimum absolute atomic E-state index is 0.149. The summed E-state index contributed by atoms with van der Waals surface area (Å²) < 4.78 is 25.0. The number of hydrogen-bond acceptors (Lipinski definition) is 5. The highest BCUT2D eigenvalue weighted by Gasteiger charge is 2.16. The van der Waals surface area contributed by atoms with Crippen LogP contribution in [0.25, 0.3) is 0 Å². The van der Waals surface area contributed by atoms with Crippen LogP contribution in [-0.2, 0) is 22.1 Å². The molecule has 1 N–H and O–H groups in total. The van der Waals surface area contributed by atoms with Crippen molar-refractivity contribution in [2.45, 2.75) is 24.1 Å². The fraction of sp³-hybridized carbons (Fsp3) is 0.158. The lowest BCUT2D eigenvalue weighted by atomic mass is 10.1. The third-order valence-corrected chi connectivity index (χ3v) is 6.39. The lowest BCUT2D eigenvalue weighted by molar-refractivity contribution is 0.0950. The zero-order chi connectivity index (χ0) is 18.6. The third-order valence-electron chi connectivity index (χ3n) is 3.71. The maximum absolute atomic E-state index is 12.5. The van der Waals surface area contributed by atoms with E-state index >= 15 is 0 Å². The summed E-state index contributed by atoms with van der Waals surface area (Å²) in [5, 5.41) is 5.57. The summed E-state index contributed by atoms with van der Waals surface area (Å²) in [6, 6.07) is 15.0. The van der Waals surface area contributed by atoms with Gasteiger partial charge >= 0.3 is 0 Å². The second-order valence-corrected chi connectivity index (χ2v) is 8.77. The number of sulfone groups is 1. The predicted octanol–water partition coefficient (Wildman–Crippen LogP) is 3.36. The number of carbonyl (C=O) groups is 1. The van der Waals surface area contributed by atoms with E-state index in [4.69, 9.17) is 0 Å². The first kappa shape index (κ1) is 18.3. The Morgan fingerprint density at radius 1 is 1.12 bits per heavy atom. The molecule has 0 bridgehead atoms. The van der Waals surface area contributed by atoms with Gasteiger partial charge in [0.25, 0.3) is 5.91 Å². The van der Waals surface area contributed by atoms with E-state index in [1.807, 2.05) is 12.3 Å². The number of hydrogen-bond donors (Lipinski definition) is 1. The molecule has 0 atom stereocenters. The Balaban J connectivity index is 1.70. The van der Waals surface area contributed by atoms with Crippen molar-refractivity contribution in [1.29, 1.82) is 0 Å². The van der Waals surface area contributed by atoms with Crippen molar-refractivity contribution in [2.24, 2.45) is 0 Å². The fourth-order valence-corrected chi connectivity index (χ4v) is 4.54.